The molecule has 84 valence electrons. The maximum Gasteiger partial charge on any atom is 0.0872 e. The molecule has 0 aliphatic carbocycles. The number of aromatic nitrogens is 2. The highest BCUT2D eigenvalue weighted by molar-refractivity contribution is 6.33. The molecule has 0 unspecified atom stereocenters. The van der Waals surface area contributed by atoms with Crippen LogP contribution in [-0.4, -0.2) is 16.3 Å². The van der Waals surface area contributed by atoms with E-state index in [0.717, 1.165) is 11.3 Å². The van der Waals surface area contributed by atoms with E-state index >= 15 is 0 Å². The summed E-state index contributed by atoms with van der Waals surface area (Å²) in [4.78, 5) is 0. The molecule has 0 saturated carbocycles. The second-order valence-electron chi connectivity index (χ2n) is 3.67. The maximum atomic E-state index is 6.16. The Labute approximate surface area is 99.8 Å². The Morgan fingerprint density at radius 1 is 1.38 bits per heavy atom. The van der Waals surface area contributed by atoms with Crippen LogP contribution in [0, 0.1) is 6.92 Å². The average molecular weight is 236 g/mol. The molecular weight excluding hydrogens is 222 g/mol. The number of hydrogen-bond acceptors (Lipinski definition) is 2. The van der Waals surface area contributed by atoms with Gasteiger partial charge in [-0.25, -0.2) is 0 Å². The highest BCUT2D eigenvalue weighted by Gasteiger charge is 2.12. The van der Waals surface area contributed by atoms with Crippen LogP contribution < -0.4 is 5.73 Å². The molecule has 0 bridgehead atoms. The van der Waals surface area contributed by atoms with Crippen molar-refractivity contribution < 1.29 is 0 Å². The first kappa shape index (κ1) is 11.2. The van der Waals surface area contributed by atoms with Crippen molar-refractivity contribution in [1.29, 1.82) is 0 Å². The van der Waals surface area contributed by atoms with Crippen LogP contribution in [0.4, 0.5) is 0 Å². The second kappa shape index (κ2) is 4.68. The predicted octanol–water partition coefficient (Wildman–Crippen LogP) is 2.47. The normalized spacial score (nSPS) is 10.7. The molecule has 2 N–H and O–H groups in total. The zero-order valence-electron chi connectivity index (χ0n) is 9.15. The van der Waals surface area contributed by atoms with Gasteiger partial charge in [-0.15, -0.1) is 0 Å². The minimum Gasteiger partial charge on any atom is -0.329 e. The molecule has 0 spiro atoms. The van der Waals surface area contributed by atoms with E-state index in [4.69, 9.17) is 17.3 Å². The van der Waals surface area contributed by atoms with E-state index in [-0.39, 0.29) is 0 Å². The Balaban J connectivity index is 2.54. The molecular formula is C12H14ClN3. The molecule has 1 aromatic heterocycles. The van der Waals surface area contributed by atoms with Crippen LogP contribution in [0.15, 0.2) is 30.5 Å². The van der Waals surface area contributed by atoms with Gasteiger partial charge in [0, 0.05) is 12.1 Å². The van der Waals surface area contributed by atoms with Crippen LogP contribution in [-0.2, 0) is 6.54 Å². The van der Waals surface area contributed by atoms with Crippen LogP contribution in [0.5, 0.6) is 0 Å². The zero-order chi connectivity index (χ0) is 11.5. The summed E-state index contributed by atoms with van der Waals surface area (Å²) in [6.07, 6.45) is 1.67. The molecule has 1 heterocycles. The van der Waals surface area contributed by atoms with Crippen molar-refractivity contribution in [1.82, 2.24) is 9.78 Å². The van der Waals surface area contributed by atoms with E-state index < -0.39 is 0 Å². The van der Waals surface area contributed by atoms with Gasteiger partial charge in [-0.2, -0.15) is 5.10 Å². The van der Waals surface area contributed by atoms with E-state index in [0.29, 0.717) is 18.1 Å². The number of rotatable bonds is 3. The fourth-order valence-electron chi connectivity index (χ4n) is 1.76. The first-order valence-electron chi connectivity index (χ1n) is 5.21. The zero-order valence-corrected chi connectivity index (χ0v) is 9.91. The van der Waals surface area contributed by atoms with Crippen LogP contribution in [0.2, 0.25) is 5.02 Å². The van der Waals surface area contributed by atoms with Crippen molar-refractivity contribution in [3.63, 3.8) is 0 Å². The molecule has 4 heteroatoms. The van der Waals surface area contributed by atoms with E-state index in [1.165, 1.54) is 5.56 Å². The summed E-state index contributed by atoms with van der Waals surface area (Å²) in [6, 6.07) is 8.12. The highest BCUT2D eigenvalue weighted by Crippen LogP contribution is 2.29. The topological polar surface area (TPSA) is 43.8 Å². The van der Waals surface area contributed by atoms with Crippen molar-refractivity contribution in [3.05, 3.63) is 41.0 Å². The number of nitrogens with two attached hydrogens (primary N) is 1. The number of benzene rings is 1. The van der Waals surface area contributed by atoms with Gasteiger partial charge < -0.3 is 5.73 Å². The lowest BCUT2D eigenvalue weighted by Gasteiger charge is -2.09. The monoisotopic (exact) mass is 235 g/mol. The highest BCUT2D eigenvalue weighted by atomic mass is 35.5. The molecule has 0 amide bonds. The fraction of sp³-hybridized carbons (Fsp3) is 0.250. The van der Waals surface area contributed by atoms with Gasteiger partial charge in [0.05, 0.1) is 23.5 Å². The third-order valence-electron chi connectivity index (χ3n) is 2.54. The van der Waals surface area contributed by atoms with Gasteiger partial charge in [0.25, 0.3) is 0 Å². The summed E-state index contributed by atoms with van der Waals surface area (Å²) in [6.45, 7) is 3.29. The Morgan fingerprint density at radius 3 is 2.81 bits per heavy atom. The summed E-state index contributed by atoms with van der Waals surface area (Å²) < 4.78 is 1.85. The molecule has 1 aromatic carbocycles. The SMILES string of the molecule is Cc1ccccc1-c1c(Cl)cnn1CCN. The Kier molecular flexibility index (Phi) is 3.27. The molecule has 2 aromatic rings. The molecule has 2 rings (SSSR count). The summed E-state index contributed by atoms with van der Waals surface area (Å²) in [5.41, 5.74) is 8.79. The smallest absolute Gasteiger partial charge is 0.0872 e. The van der Waals surface area contributed by atoms with Gasteiger partial charge in [0.15, 0.2) is 0 Å². The lowest BCUT2D eigenvalue weighted by Crippen LogP contribution is -2.12. The predicted molar refractivity (Wildman–Crippen MR) is 66.5 cm³/mol. The third-order valence-corrected chi connectivity index (χ3v) is 2.81. The molecule has 16 heavy (non-hydrogen) atoms. The standard InChI is InChI=1S/C12H14ClN3/c1-9-4-2-3-5-10(9)12-11(13)8-15-16(12)7-6-14/h2-5,8H,6-7,14H2,1H3. The van der Waals surface area contributed by atoms with Crippen LogP contribution in [0.1, 0.15) is 5.56 Å². The molecule has 0 radical (unpaired) electrons. The minimum atomic E-state index is 0.552. The van der Waals surface area contributed by atoms with Crippen LogP contribution in [0.3, 0.4) is 0 Å². The quantitative estimate of drug-likeness (QED) is 0.888. The van der Waals surface area contributed by atoms with Gasteiger partial charge in [-0.05, 0) is 12.5 Å². The Bertz CT molecular complexity index is 491. The van der Waals surface area contributed by atoms with E-state index in [1.54, 1.807) is 6.20 Å². The summed E-state index contributed by atoms with van der Waals surface area (Å²) >= 11 is 6.16. The van der Waals surface area contributed by atoms with Gasteiger partial charge >= 0.3 is 0 Å². The number of hydrogen-bond donors (Lipinski definition) is 1. The molecule has 0 atom stereocenters. The molecule has 0 saturated heterocycles. The van der Waals surface area contributed by atoms with Crippen molar-refractivity contribution in [3.8, 4) is 11.3 Å². The first-order valence-corrected chi connectivity index (χ1v) is 5.59. The van der Waals surface area contributed by atoms with Crippen molar-refractivity contribution in [2.24, 2.45) is 5.73 Å². The van der Waals surface area contributed by atoms with Gasteiger partial charge in [-0.3, -0.25) is 4.68 Å². The molecule has 0 aliphatic heterocycles. The lowest BCUT2D eigenvalue weighted by atomic mass is 10.1. The van der Waals surface area contributed by atoms with Crippen molar-refractivity contribution in [2.75, 3.05) is 6.54 Å². The molecule has 3 nitrogen and oxygen atoms in total. The maximum absolute atomic E-state index is 6.16. The number of aryl methyl sites for hydroxylation is 1. The van der Waals surface area contributed by atoms with E-state index in [2.05, 4.69) is 18.1 Å². The molecule has 0 fully saturated rings. The largest absolute Gasteiger partial charge is 0.329 e. The minimum absolute atomic E-state index is 0.552. The van der Waals surface area contributed by atoms with Crippen LogP contribution in [0.25, 0.3) is 11.3 Å². The summed E-state index contributed by atoms with van der Waals surface area (Å²) in [7, 11) is 0. The van der Waals surface area contributed by atoms with Gasteiger partial charge in [-0.1, -0.05) is 35.9 Å². The summed E-state index contributed by atoms with van der Waals surface area (Å²) in [5, 5.41) is 4.90. The van der Waals surface area contributed by atoms with E-state index in [9.17, 15) is 0 Å². The van der Waals surface area contributed by atoms with Gasteiger partial charge in [0.2, 0.25) is 0 Å². The number of halogens is 1. The second-order valence-corrected chi connectivity index (χ2v) is 4.08. The van der Waals surface area contributed by atoms with Crippen molar-refractivity contribution in [2.45, 2.75) is 13.5 Å². The lowest BCUT2D eigenvalue weighted by molar-refractivity contribution is 0.631. The van der Waals surface area contributed by atoms with Gasteiger partial charge in [0.1, 0.15) is 0 Å². The van der Waals surface area contributed by atoms with Crippen LogP contribution >= 0.6 is 11.6 Å². The number of nitrogens with zero attached hydrogens (tertiary/aromatic N) is 2. The first-order chi connectivity index (χ1) is 7.74. The average Bonchev–Trinajstić information content (AvgIpc) is 2.62. The fourth-order valence-corrected chi connectivity index (χ4v) is 2.00. The third kappa shape index (κ3) is 1.96. The summed E-state index contributed by atoms with van der Waals surface area (Å²) in [5.74, 6) is 0. The Morgan fingerprint density at radius 2 is 2.12 bits per heavy atom. The molecule has 0 aliphatic rings. The Hall–Kier alpha value is -1.32. The van der Waals surface area contributed by atoms with E-state index in [1.807, 2.05) is 22.9 Å². The van der Waals surface area contributed by atoms with Crippen molar-refractivity contribution >= 4 is 11.6 Å².